The van der Waals surface area contributed by atoms with Crippen LogP contribution in [0.15, 0.2) is 24.3 Å². The highest BCUT2D eigenvalue weighted by Crippen LogP contribution is 2.78. The van der Waals surface area contributed by atoms with Crippen molar-refractivity contribution in [1.29, 1.82) is 0 Å². The molecule has 0 aromatic heterocycles. The molecule has 0 spiro atoms. The van der Waals surface area contributed by atoms with Crippen molar-refractivity contribution in [3.8, 4) is 0 Å². The van der Waals surface area contributed by atoms with Crippen LogP contribution in [0.4, 0.5) is 0 Å². The van der Waals surface area contributed by atoms with Crippen molar-refractivity contribution in [1.82, 2.24) is 0 Å². The fourth-order valence-corrected chi connectivity index (χ4v) is 13.2. The fourth-order valence-electron chi connectivity index (χ4n) is 13.2. The largest absolute Gasteiger partial charge is 0.478 e. The molecule has 0 radical (unpaired) electrons. The molecule has 1 aromatic carbocycles. The van der Waals surface area contributed by atoms with Gasteiger partial charge in [-0.25, -0.2) is 9.59 Å². The molecule has 1 heterocycles. The van der Waals surface area contributed by atoms with Crippen LogP contribution in [0.3, 0.4) is 0 Å². The normalized spacial score (nSPS) is 47.3. The molecule has 0 amide bonds. The summed E-state index contributed by atoms with van der Waals surface area (Å²) in [4.78, 5) is 25.2. The summed E-state index contributed by atoms with van der Waals surface area (Å²) in [6.45, 7) is 18.5. The summed E-state index contributed by atoms with van der Waals surface area (Å²) in [5, 5.41) is 9.66. The first-order valence-electron chi connectivity index (χ1n) is 17.3. The smallest absolute Gasteiger partial charge is 0.339 e. The van der Waals surface area contributed by atoms with Crippen LogP contribution in [0.25, 0.3) is 0 Å². The van der Waals surface area contributed by atoms with E-state index in [9.17, 15) is 14.7 Å². The molecule has 1 N–H and O–H groups in total. The summed E-state index contributed by atoms with van der Waals surface area (Å²) in [6.07, 6.45) is 12.4. The quantitative estimate of drug-likeness (QED) is 0.356. The van der Waals surface area contributed by atoms with E-state index in [-0.39, 0.29) is 33.5 Å². The van der Waals surface area contributed by atoms with E-state index in [1.165, 1.54) is 57.4 Å². The molecule has 5 nitrogen and oxygen atoms in total. The Kier molecular flexibility index (Phi) is 6.47. The van der Waals surface area contributed by atoms with Crippen molar-refractivity contribution >= 4 is 11.9 Å². The van der Waals surface area contributed by atoms with E-state index in [0.717, 1.165) is 25.4 Å². The van der Waals surface area contributed by atoms with Crippen molar-refractivity contribution in [2.75, 3.05) is 6.61 Å². The SMILES string of the molecule is CC1(C)CC[C@@]23CC[C@]4(C)[C@H](CC[C@@H]5[C@@]6(C)CC[C@H](OC(=O)c7ccccc7C(=O)O)C(C)(C)[C@H]6CC[C@]54C)[C@@H]2[C@H]1OC3. The van der Waals surface area contributed by atoms with Gasteiger partial charge in [0.2, 0.25) is 0 Å². The number of benzene rings is 1. The molecule has 1 saturated heterocycles. The van der Waals surface area contributed by atoms with Gasteiger partial charge in [0.1, 0.15) is 6.10 Å². The van der Waals surface area contributed by atoms with Crippen LogP contribution in [0.1, 0.15) is 133 Å². The van der Waals surface area contributed by atoms with Gasteiger partial charge in [0.05, 0.1) is 23.8 Å². The number of carbonyl (C=O) groups excluding carboxylic acids is 1. The number of hydrogen-bond acceptors (Lipinski definition) is 4. The molecular weight excluding hydrogens is 536 g/mol. The molecule has 5 heteroatoms. The Morgan fingerprint density at radius 3 is 2.21 bits per heavy atom. The van der Waals surface area contributed by atoms with Gasteiger partial charge < -0.3 is 14.6 Å². The Hall–Kier alpha value is -1.88. The molecule has 6 fully saturated rings. The number of carboxylic acid groups (broad SMARTS) is 1. The van der Waals surface area contributed by atoms with Gasteiger partial charge in [-0.2, -0.15) is 0 Å². The maximum absolute atomic E-state index is 13.4. The number of rotatable bonds is 3. The van der Waals surface area contributed by atoms with E-state index in [0.29, 0.717) is 40.1 Å². The molecule has 7 rings (SSSR count). The predicted molar refractivity (Wildman–Crippen MR) is 167 cm³/mol. The van der Waals surface area contributed by atoms with Crippen molar-refractivity contribution in [2.45, 2.75) is 125 Å². The zero-order valence-corrected chi connectivity index (χ0v) is 27.6. The van der Waals surface area contributed by atoms with Crippen molar-refractivity contribution in [2.24, 2.45) is 56.2 Å². The van der Waals surface area contributed by atoms with Gasteiger partial charge in [0, 0.05) is 5.41 Å². The molecule has 5 aliphatic carbocycles. The second-order valence-corrected chi connectivity index (χ2v) is 17.9. The van der Waals surface area contributed by atoms with Crippen LogP contribution in [-0.2, 0) is 9.47 Å². The molecule has 1 aromatic rings. The van der Waals surface area contributed by atoms with Gasteiger partial charge in [-0.05, 0) is 127 Å². The summed E-state index contributed by atoms with van der Waals surface area (Å²) in [5.74, 6) is 0.976. The number of carbonyl (C=O) groups is 2. The minimum atomic E-state index is -1.09. The van der Waals surface area contributed by atoms with Crippen molar-refractivity contribution < 1.29 is 24.2 Å². The average molecular weight is 591 g/mol. The maximum atomic E-state index is 13.4. The van der Waals surface area contributed by atoms with Crippen molar-refractivity contribution in [3.05, 3.63) is 35.4 Å². The van der Waals surface area contributed by atoms with Crippen LogP contribution >= 0.6 is 0 Å². The first-order valence-corrected chi connectivity index (χ1v) is 17.3. The third kappa shape index (κ3) is 3.85. The van der Waals surface area contributed by atoms with Crippen molar-refractivity contribution in [3.63, 3.8) is 0 Å². The van der Waals surface area contributed by atoms with E-state index >= 15 is 0 Å². The van der Waals surface area contributed by atoms with Crippen LogP contribution < -0.4 is 0 Å². The van der Waals surface area contributed by atoms with E-state index in [2.05, 4.69) is 48.5 Å². The number of ether oxygens (including phenoxy) is 2. The fraction of sp³-hybridized carbons (Fsp3) is 0.789. The Balaban J connectivity index is 1.16. The van der Waals surface area contributed by atoms with E-state index < -0.39 is 11.9 Å². The van der Waals surface area contributed by atoms with Crippen LogP contribution in [-0.4, -0.2) is 35.9 Å². The summed E-state index contributed by atoms with van der Waals surface area (Å²) >= 11 is 0. The van der Waals surface area contributed by atoms with Crippen LogP contribution in [0, 0.1) is 56.2 Å². The van der Waals surface area contributed by atoms with Crippen LogP contribution in [0.2, 0.25) is 0 Å². The molecule has 2 bridgehead atoms. The summed E-state index contributed by atoms with van der Waals surface area (Å²) in [6, 6.07) is 6.43. The molecule has 1 aliphatic heterocycles. The van der Waals surface area contributed by atoms with Gasteiger partial charge in [-0.15, -0.1) is 0 Å². The van der Waals surface area contributed by atoms with E-state index in [4.69, 9.17) is 9.47 Å². The molecule has 6 aliphatic rings. The summed E-state index contributed by atoms with van der Waals surface area (Å²) in [7, 11) is 0. The lowest BCUT2D eigenvalue weighted by atomic mass is 9.31. The molecule has 10 atom stereocenters. The third-order valence-electron chi connectivity index (χ3n) is 15.7. The van der Waals surface area contributed by atoms with E-state index in [1.807, 2.05) is 0 Å². The molecule has 43 heavy (non-hydrogen) atoms. The number of aromatic carboxylic acids is 1. The van der Waals surface area contributed by atoms with Gasteiger partial charge in [-0.1, -0.05) is 60.6 Å². The Morgan fingerprint density at radius 2 is 1.49 bits per heavy atom. The lowest BCUT2D eigenvalue weighted by Gasteiger charge is -2.73. The minimum Gasteiger partial charge on any atom is -0.478 e. The summed E-state index contributed by atoms with van der Waals surface area (Å²) in [5.41, 5.74) is 1.49. The second-order valence-electron chi connectivity index (χ2n) is 17.9. The number of esters is 1. The number of fused-ring (bicyclic) bond motifs is 5. The lowest BCUT2D eigenvalue weighted by molar-refractivity contribution is -0.252. The standard InChI is InChI=1S/C38H54O5/c1-33(2)18-20-38-21-19-36(6)25(29(38)30(33)42-22-38)12-13-27-35(5)16-15-28(34(3,4)26(35)14-17-37(27,36)7)43-32(41)24-11-9-8-10-23(24)31(39)40/h8-11,25-30H,12-22H2,1-7H3,(H,39,40)/t25-,26-,27-,28+,29-,30-,35+,36-,37-,38+/m1/s1. The van der Waals surface area contributed by atoms with Crippen LogP contribution in [0.5, 0.6) is 0 Å². The van der Waals surface area contributed by atoms with Gasteiger partial charge in [0.15, 0.2) is 0 Å². The Labute approximate surface area is 258 Å². The first-order chi connectivity index (χ1) is 20.1. The highest BCUT2D eigenvalue weighted by Gasteiger charge is 2.73. The summed E-state index contributed by atoms with van der Waals surface area (Å²) < 4.78 is 13.0. The first kappa shape index (κ1) is 29.8. The molecule has 236 valence electrons. The minimum absolute atomic E-state index is 0.0128. The number of hydrogen-bond donors (Lipinski definition) is 1. The van der Waals surface area contributed by atoms with E-state index in [1.54, 1.807) is 18.2 Å². The maximum Gasteiger partial charge on any atom is 0.339 e. The molecule has 0 unspecified atom stereocenters. The monoisotopic (exact) mass is 590 g/mol. The highest BCUT2D eigenvalue weighted by atomic mass is 16.5. The number of carboxylic acids is 1. The zero-order chi connectivity index (χ0) is 30.8. The topological polar surface area (TPSA) is 72.8 Å². The average Bonchev–Trinajstić information content (AvgIpc) is 3.29. The van der Waals surface area contributed by atoms with Gasteiger partial charge in [0.25, 0.3) is 0 Å². The molecular formula is C38H54O5. The van der Waals surface area contributed by atoms with Gasteiger partial charge >= 0.3 is 11.9 Å². The third-order valence-corrected chi connectivity index (χ3v) is 15.7. The second kappa shape index (κ2) is 9.33. The Bertz CT molecular complexity index is 1330. The predicted octanol–water partition coefficient (Wildman–Crippen LogP) is 8.80. The van der Waals surface area contributed by atoms with Gasteiger partial charge in [-0.3, -0.25) is 0 Å². The molecule has 5 saturated carbocycles. The highest BCUT2D eigenvalue weighted by molar-refractivity contribution is 6.02. The Morgan fingerprint density at radius 1 is 0.791 bits per heavy atom. The zero-order valence-electron chi connectivity index (χ0n) is 27.6. The lowest BCUT2D eigenvalue weighted by Crippen LogP contribution is -2.68.